The normalized spacial score (nSPS) is 10.8. The SMILES string of the molecule is CCCCCCCCCCCCC([NH3+])CCCCCCCCCCCC.O=C([O-])c1ccc([N+](=O)[O-])cc1. The van der Waals surface area contributed by atoms with Crippen LogP contribution in [0, 0.1) is 10.1 Å². The van der Waals surface area contributed by atoms with E-state index in [1.54, 1.807) is 0 Å². The molecule has 0 aliphatic rings. The minimum atomic E-state index is -1.34. The van der Waals surface area contributed by atoms with Crippen molar-refractivity contribution < 1.29 is 20.6 Å². The van der Waals surface area contributed by atoms with E-state index in [4.69, 9.17) is 0 Å². The molecule has 0 atom stereocenters. The molecule has 0 unspecified atom stereocenters. The maximum absolute atomic E-state index is 10.2. The molecule has 0 aliphatic heterocycles. The first-order valence-electron chi connectivity index (χ1n) is 15.7. The molecule has 0 spiro atoms. The molecular weight excluding hydrogens is 476 g/mol. The largest absolute Gasteiger partial charge is 0.545 e. The molecule has 0 amide bonds. The highest BCUT2D eigenvalue weighted by Crippen LogP contribution is 2.15. The molecule has 0 fully saturated rings. The second kappa shape index (κ2) is 26.6. The molecule has 0 bridgehead atoms. The van der Waals surface area contributed by atoms with Crippen molar-refractivity contribution in [3.63, 3.8) is 0 Å². The number of carboxylic acids is 1. The number of nitro groups is 1. The molecule has 3 N–H and O–H groups in total. The number of unbranched alkanes of at least 4 members (excludes halogenated alkanes) is 18. The lowest BCUT2D eigenvalue weighted by atomic mass is 10.00. The fourth-order valence-electron chi connectivity index (χ4n) is 4.70. The summed E-state index contributed by atoms with van der Waals surface area (Å²) in [6.07, 6.45) is 31.6. The van der Waals surface area contributed by atoms with Crippen LogP contribution in [0.25, 0.3) is 0 Å². The number of benzene rings is 1. The Balaban J connectivity index is 0.000000942. The highest BCUT2D eigenvalue weighted by Gasteiger charge is 2.06. The average molecular weight is 535 g/mol. The summed E-state index contributed by atoms with van der Waals surface area (Å²) in [7, 11) is 0. The Morgan fingerprint density at radius 1 is 0.658 bits per heavy atom. The van der Waals surface area contributed by atoms with E-state index in [2.05, 4.69) is 19.6 Å². The molecule has 0 saturated carbocycles. The van der Waals surface area contributed by atoms with Gasteiger partial charge in [0.25, 0.3) is 5.69 Å². The first-order valence-corrected chi connectivity index (χ1v) is 15.7. The van der Waals surface area contributed by atoms with Gasteiger partial charge in [0.1, 0.15) is 0 Å². The van der Waals surface area contributed by atoms with E-state index in [0.29, 0.717) is 0 Å². The van der Waals surface area contributed by atoms with Crippen LogP contribution in [0.2, 0.25) is 0 Å². The second-order valence-corrected chi connectivity index (χ2v) is 10.9. The monoisotopic (exact) mass is 534 g/mol. The number of rotatable bonds is 24. The maximum atomic E-state index is 10.2. The van der Waals surface area contributed by atoms with E-state index >= 15 is 0 Å². The Labute approximate surface area is 233 Å². The van der Waals surface area contributed by atoms with Gasteiger partial charge in [-0.2, -0.15) is 0 Å². The average Bonchev–Trinajstić information content (AvgIpc) is 2.91. The van der Waals surface area contributed by atoms with E-state index < -0.39 is 10.9 Å². The molecule has 0 saturated heterocycles. The third kappa shape index (κ3) is 23.2. The van der Waals surface area contributed by atoms with Crippen LogP contribution in [0.4, 0.5) is 5.69 Å². The summed E-state index contributed by atoms with van der Waals surface area (Å²) >= 11 is 0. The molecule has 6 heteroatoms. The van der Waals surface area contributed by atoms with Crippen molar-refractivity contribution in [3.05, 3.63) is 39.9 Å². The van der Waals surface area contributed by atoms with Crippen LogP contribution in [0.1, 0.15) is 165 Å². The van der Waals surface area contributed by atoms with Crippen molar-refractivity contribution in [3.8, 4) is 0 Å². The number of hydrogen-bond acceptors (Lipinski definition) is 4. The molecule has 1 aromatic rings. The van der Waals surface area contributed by atoms with Crippen LogP contribution in [0.5, 0.6) is 0 Å². The van der Waals surface area contributed by atoms with Gasteiger partial charge in [-0.05, 0) is 43.4 Å². The summed E-state index contributed by atoms with van der Waals surface area (Å²) in [6, 6.07) is 5.22. The van der Waals surface area contributed by atoms with Gasteiger partial charge in [0.2, 0.25) is 0 Å². The number of hydrogen-bond donors (Lipinski definition) is 1. The zero-order valence-electron chi connectivity index (χ0n) is 24.7. The molecular formula is C32H58N2O4. The smallest absolute Gasteiger partial charge is 0.269 e. The number of non-ortho nitro benzene ring substituents is 1. The molecule has 1 aromatic carbocycles. The van der Waals surface area contributed by atoms with Crippen molar-refractivity contribution in [1.29, 1.82) is 0 Å². The van der Waals surface area contributed by atoms with E-state index in [1.807, 2.05) is 0 Å². The van der Waals surface area contributed by atoms with Crippen molar-refractivity contribution in [2.45, 2.75) is 161 Å². The zero-order chi connectivity index (χ0) is 28.3. The van der Waals surface area contributed by atoms with Crippen LogP contribution in [-0.2, 0) is 0 Å². The highest BCUT2D eigenvalue weighted by atomic mass is 16.6. The first kappa shape index (κ1) is 36.0. The number of quaternary nitrogens is 1. The van der Waals surface area contributed by atoms with Gasteiger partial charge in [-0.15, -0.1) is 0 Å². The first-order chi connectivity index (χ1) is 18.4. The molecule has 1 rings (SSSR count). The molecule has 0 radical (unpaired) electrons. The van der Waals surface area contributed by atoms with Crippen LogP contribution in [0.3, 0.4) is 0 Å². The lowest BCUT2D eigenvalue weighted by molar-refractivity contribution is -0.423. The summed E-state index contributed by atoms with van der Waals surface area (Å²) in [5.41, 5.74) is 4.18. The lowest BCUT2D eigenvalue weighted by Gasteiger charge is -2.08. The Morgan fingerprint density at radius 2 is 0.974 bits per heavy atom. The molecule has 220 valence electrons. The molecule has 6 nitrogen and oxygen atoms in total. The van der Waals surface area contributed by atoms with Crippen molar-refractivity contribution >= 4 is 11.7 Å². The van der Waals surface area contributed by atoms with Crippen LogP contribution in [0.15, 0.2) is 24.3 Å². The Kier molecular flexibility index (Phi) is 25.3. The summed E-state index contributed by atoms with van der Waals surface area (Å²) in [4.78, 5) is 19.7. The fourth-order valence-corrected chi connectivity index (χ4v) is 4.70. The maximum Gasteiger partial charge on any atom is 0.269 e. The molecule has 0 aromatic heterocycles. The number of nitrogens with zero attached hydrogens (tertiary/aromatic N) is 1. The predicted octanol–water partition coefficient (Wildman–Crippen LogP) is 8.18. The van der Waals surface area contributed by atoms with Crippen LogP contribution < -0.4 is 10.8 Å². The Morgan fingerprint density at radius 3 is 1.26 bits per heavy atom. The summed E-state index contributed by atoms with van der Waals surface area (Å²) < 4.78 is 0. The van der Waals surface area contributed by atoms with Crippen molar-refractivity contribution in [2.75, 3.05) is 0 Å². The molecule has 0 heterocycles. The predicted molar refractivity (Wildman–Crippen MR) is 157 cm³/mol. The van der Waals surface area contributed by atoms with Gasteiger partial charge in [-0.25, -0.2) is 0 Å². The number of carbonyl (C=O) groups excluding carboxylic acids is 1. The third-order valence-corrected chi connectivity index (χ3v) is 7.25. The van der Waals surface area contributed by atoms with E-state index in [9.17, 15) is 20.0 Å². The number of nitro benzene ring substituents is 1. The van der Waals surface area contributed by atoms with Crippen LogP contribution in [-0.4, -0.2) is 16.9 Å². The van der Waals surface area contributed by atoms with Crippen molar-refractivity contribution in [1.82, 2.24) is 0 Å². The lowest BCUT2D eigenvalue weighted by Crippen LogP contribution is -2.60. The van der Waals surface area contributed by atoms with Gasteiger partial charge in [-0.1, -0.05) is 129 Å². The quantitative estimate of drug-likeness (QED) is 0.0818. The second-order valence-electron chi connectivity index (χ2n) is 10.9. The fraction of sp³-hybridized carbons (Fsp3) is 0.781. The van der Waals surface area contributed by atoms with Gasteiger partial charge in [0, 0.05) is 12.1 Å². The van der Waals surface area contributed by atoms with Gasteiger partial charge in [0.15, 0.2) is 0 Å². The van der Waals surface area contributed by atoms with Gasteiger partial charge in [-0.3, -0.25) is 10.1 Å². The summed E-state index contributed by atoms with van der Waals surface area (Å²) in [5.74, 6) is -1.34. The minimum absolute atomic E-state index is 0.0689. The number of carboxylic acid groups (broad SMARTS) is 1. The molecule has 0 aliphatic carbocycles. The number of carbonyl (C=O) groups is 1. The van der Waals surface area contributed by atoms with Crippen LogP contribution >= 0.6 is 0 Å². The Hall–Kier alpha value is -1.95. The number of aromatic carboxylic acids is 1. The van der Waals surface area contributed by atoms with E-state index in [-0.39, 0.29) is 11.3 Å². The summed E-state index contributed by atoms with van der Waals surface area (Å²) in [6.45, 7) is 4.60. The van der Waals surface area contributed by atoms with E-state index in [0.717, 1.165) is 30.3 Å². The third-order valence-electron chi connectivity index (χ3n) is 7.25. The zero-order valence-corrected chi connectivity index (χ0v) is 24.7. The topological polar surface area (TPSA) is 111 Å². The highest BCUT2D eigenvalue weighted by molar-refractivity contribution is 5.85. The van der Waals surface area contributed by atoms with Gasteiger partial charge in [0.05, 0.1) is 16.9 Å². The minimum Gasteiger partial charge on any atom is -0.545 e. The molecule has 38 heavy (non-hydrogen) atoms. The van der Waals surface area contributed by atoms with Gasteiger partial charge >= 0.3 is 0 Å². The Bertz CT molecular complexity index is 622. The van der Waals surface area contributed by atoms with E-state index in [1.165, 1.54) is 141 Å². The van der Waals surface area contributed by atoms with Gasteiger partial charge < -0.3 is 15.6 Å². The summed E-state index contributed by atoms with van der Waals surface area (Å²) in [5, 5.41) is 20.3. The van der Waals surface area contributed by atoms with Crippen molar-refractivity contribution in [2.24, 2.45) is 0 Å². The standard InChI is InChI=1S/C25H53N.C7H5NO4/c1-3-5-7-9-11-13-15-17-19-21-23-25(26)24-22-20-18-16-14-12-10-8-6-4-2;9-7(10)5-1-3-6(4-2-5)8(11)12/h25H,3-24,26H2,1-2H3;1-4H,(H,9,10).